The Morgan fingerprint density at radius 2 is 1.49 bits per heavy atom. The summed E-state index contributed by atoms with van der Waals surface area (Å²) in [6, 6.07) is 15.3. The van der Waals surface area contributed by atoms with E-state index in [1.807, 2.05) is 41.0 Å². The van der Waals surface area contributed by atoms with Gasteiger partial charge in [0.2, 0.25) is 11.8 Å². The lowest BCUT2D eigenvalue weighted by Crippen LogP contribution is -2.52. The van der Waals surface area contributed by atoms with E-state index in [2.05, 4.69) is 20.9 Å². The Morgan fingerprint density at radius 1 is 0.860 bits per heavy atom. The second-order valence-corrected chi connectivity index (χ2v) is 10.6. The van der Waals surface area contributed by atoms with Crippen LogP contribution < -0.4 is 26.6 Å². The first-order valence-electron chi connectivity index (χ1n) is 13.1. The topological polar surface area (TPSA) is 202 Å². The van der Waals surface area contributed by atoms with Gasteiger partial charge in [0, 0.05) is 33.1 Å². The zero-order chi connectivity index (χ0) is 31.5. The highest BCUT2D eigenvalue weighted by Crippen LogP contribution is 2.25. The molecule has 0 unspecified atom stereocenters. The minimum atomic E-state index is -1.41. The van der Waals surface area contributed by atoms with Crippen LogP contribution in [-0.2, 0) is 28.9 Å². The van der Waals surface area contributed by atoms with Crippen LogP contribution in [0, 0.1) is 0 Å². The molecule has 43 heavy (non-hydrogen) atoms. The standard InChI is InChI=1S/C28H33N7O7S/c1-16(36)29-26-32-20(14-11-17-9-12-19(13-10-17)30-25(33-27(39)40)34-28(41)42)22(43-26)23(37)31-21(24(38)35(2)3)15-18-7-5-4-6-8-18/h4-10,12-13,21,25,30,33-34H,11,14-15H2,1-3H3,(H,31,37)(H,39,40)(H,41,42)(H,29,32,36)/t21-/m0/s1. The highest BCUT2D eigenvalue weighted by Gasteiger charge is 2.26. The van der Waals surface area contributed by atoms with Gasteiger partial charge in [0.25, 0.3) is 5.91 Å². The average molecular weight is 612 g/mol. The molecule has 0 fully saturated rings. The number of nitrogens with one attached hydrogen (secondary N) is 5. The molecular weight excluding hydrogens is 578 g/mol. The number of hydrogen-bond acceptors (Lipinski definition) is 8. The molecule has 1 aromatic heterocycles. The van der Waals surface area contributed by atoms with Crippen molar-refractivity contribution in [3.63, 3.8) is 0 Å². The molecule has 0 radical (unpaired) electrons. The maximum atomic E-state index is 13.5. The lowest BCUT2D eigenvalue weighted by atomic mass is 10.0. The van der Waals surface area contributed by atoms with Gasteiger partial charge in [-0.1, -0.05) is 53.8 Å². The molecule has 1 heterocycles. The third-order valence-corrected chi connectivity index (χ3v) is 6.98. The van der Waals surface area contributed by atoms with Gasteiger partial charge in [-0.15, -0.1) is 0 Å². The smallest absolute Gasteiger partial charge is 0.407 e. The quantitative estimate of drug-likeness (QED) is 0.142. The summed E-state index contributed by atoms with van der Waals surface area (Å²) in [7, 11) is 3.23. The molecule has 0 aliphatic carbocycles. The SMILES string of the molecule is CC(=O)Nc1nc(CCc2ccc(NC(NC(=O)O)NC(=O)O)cc2)c(C(=O)N[C@@H](Cc2ccccc2)C(=O)N(C)C)s1. The fraction of sp³-hybridized carbons (Fsp3) is 0.286. The third-order valence-electron chi connectivity index (χ3n) is 5.96. The Kier molecular flexibility index (Phi) is 11.4. The molecule has 0 aliphatic heterocycles. The molecule has 0 saturated carbocycles. The highest BCUT2D eigenvalue weighted by atomic mass is 32.1. The van der Waals surface area contributed by atoms with Crippen LogP contribution in [0.1, 0.15) is 33.4 Å². The number of likely N-dealkylation sites (N-methyl/N-ethyl adjacent to an activating group) is 1. The molecule has 0 saturated heterocycles. The first-order valence-corrected chi connectivity index (χ1v) is 13.9. The number of aromatic nitrogens is 1. The van der Waals surface area contributed by atoms with Crippen molar-refractivity contribution in [2.75, 3.05) is 24.7 Å². The van der Waals surface area contributed by atoms with Crippen molar-refractivity contribution in [3.05, 3.63) is 76.3 Å². The predicted octanol–water partition coefficient (Wildman–Crippen LogP) is 2.55. The second kappa shape index (κ2) is 15.2. The Balaban J connectivity index is 1.76. The van der Waals surface area contributed by atoms with Crippen LogP contribution in [0.15, 0.2) is 54.6 Å². The zero-order valence-electron chi connectivity index (χ0n) is 23.7. The van der Waals surface area contributed by atoms with Crippen molar-refractivity contribution >= 4 is 52.1 Å². The summed E-state index contributed by atoms with van der Waals surface area (Å²) in [5.74, 6) is -1.09. The average Bonchev–Trinajstić information content (AvgIpc) is 3.33. The monoisotopic (exact) mass is 611 g/mol. The van der Waals surface area contributed by atoms with Gasteiger partial charge in [0.05, 0.1) is 5.69 Å². The summed E-state index contributed by atoms with van der Waals surface area (Å²) < 4.78 is 0. The minimum absolute atomic E-state index is 0.258. The number of aryl methyl sites for hydroxylation is 2. The van der Waals surface area contributed by atoms with Crippen LogP contribution in [0.2, 0.25) is 0 Å². The Bertz CT molecular complexity index is 1430. The van der Waals surface area contributed by atoms with Crippen LogP contribution in [-0.4, -0.2) is 76.4 Å². The fourth-order valence-corrected chi connectivity index (χ4v) is 5.00. The molecule has 0 spiro atoms. The molecule has 0 bridgehead atoms. The van der Waals surface area contributed by atoms with E-state index in [1.165, 1.54) is 11.8 Å². The summed E-state index contributed by atoms with van der Waals surface area (Å²) in [5, 5.41) is 30.3. The number of benzene rings is 2. The van der Waals surface area contributed by atoms with Crippen LogP contribution >= 0.6 is 11.3 Å². The summed E-state index contributed by atoms with van der Waals surface area (Å²) >= 11 is 1.02. The van der Waals surface area contributed by atoms with E-state index >= 15 is 0 Å². The zero-order valence-corrected chi connectivity index (χ0v) is 24.5. The molecule has 15 heteroatoms. The molecule has 0 aliphatic rings. The number of thiazole rings is 1. The van der Waals surface area contributed by atoms with E-state index < -0.39 is 30.4 Å². The number of carbonyl (C=O) groups excluding carboxylic acids is 3. The van der Waals surface area contributed by atoms with E-state index in [-0.39, 0.29) is 21.8 Å². The summed E-state index contributed by atoms with van der Waals surface area (Å²) in [6.07, 6.45) is -3.02. The maximum absolute atomic E-state index is 13.5. The van der Waals surface area contributed by atoms with Gasteiger partial charge in [-0.3, -0.25) is 25.0 Å². The Morgan fingerprint density at radius 3 is 2.05 bits per heavy atom. The third kappa shape index (κ3) is 10.3. The highest BCUT2D eigenvalue weighted by molar-refractivity contribution is 7.17. The molecule has 2 aromatic carbocycles. The first-order chi connectivity index (χ1) is 20.4. The lowest BCUT2D eigenvalue weighted by molar-refractivity contribution is -0.130. The molecule has 14 nitrogen and oxygen atoms in total. The summed E-state index contributed by atoms with van der Waals surface area (Å²) in [5.41, 5.74) is 2.63. The van der Waals surface area contributed by atoms with Gasteiger partial charge in [0.15, 0.2) is 11.4 Å². The van der Waals surface area contributed by atoms with Crippen molar-refractivity contribution in [3.8, 4) is 0 Å². The Labute approximate surface area is 251 Å². The van der Waals surface area contributed by atoms with E-state index in [0.29, 0.717) is 30.6 Å². The Hall–Kier alpha value is -5.18. The number of carbonyl (C=O) groups is 5. The largest absolute Gasteiger partial charge is 0.465 e. The molecule has 3 aromatic rings. The van der Waals surface area contributed by atoms with Crippen LogP contribution in [0.25, 0.3) is 0 Å². The predicted molar refractivity (Wildman–Crippen MR) is 160 cm³/mol. The van der Waals surface area contributed by atoms with Crippen LogP contribution in [0.5, 0.6) is 0 Å². The van der Waals surface area contributed by atoms with Crippen LogP contribution in [0.3, 0.4) is 0 Å². The maximum Gasteiger partial charge on any atom is 0.407 e. The van der Waals surface area contributed by atoms with Gasteiger partial charge in [-0.25, -0.2) is 14.6 Å². The second-order valence-electron chi connectivity index (χ2n) is 9.60. The first kappa shape index (κ1) is 32.3. The summed E-state index contributed by atoms with van der Waals surface area (Å²) in [6.45, 7) is 1.34. The van der Waals surface area contributed by atoms with Crippen molar-refractivity contribution in [2.24, 2.45) is 0 Å². The molecule has 228 valence electrons. The summed E-state index contributed by atoms with van der Waals surface area (Å²) in [4.78, 5) is 66.1. The van der Waals surface area contributed by atoms with Crippen molar-refractivity contribution in [1.82, 2.24) is 25.8 Å². The number of amides is 5. The molecule has 3 rings (SSSR count). The normalized spacial score (nSPS) is 11.3. The number of carboxylic acid groups (broad SMARTS) is 2. The van der Waals surface area contributed by atoms with Gasteiger partial charge >= 0.3 is 12.2 Å². The number of nitrogens with zero attached hydrogens (tertiary/aromatic N) is 2. The van der Waals surface area contributed by atoms with E-state index in [0.717, 1.165) is 22.5 Å². The van der Waals surface area contributed by atoms with E-state index in [1.54, 1.807) is 38.4 Å². The van der Waals surface area contributed by atoms with E-state index in [9.17, 15) is 24.0 Å². The van der Waals surface area contributed by atoms with E-state index in [4.69, 9.17) is 10.2 Å². The molecule has 7 N–H and O–H groups in total. The van der Waals surface area contributed by atoms with Gasteiger partial charge < -0.3 is 31.1 Å². The van der Waals surface area contributed by atoms with Gasteiger partial charge in [-0.05, 0) is 36.1 Å². The minimum Gasteiger partial charge on any atom is -0.465 e. The number of rotatable bonds is 13. The van der Waals surface area contributed by atoms with Gasteiger partial charge in [0.1, 0.15) is 10.9 Å². The molecule has 5 amide bonds. The van der Waals surface area contributed by atoms with Crippen LogP contribution in [0.4, 0.5) is 20.4 Å². The number of hydrogen-bond donors (Lipinski definition) is 7. The lowest BCUT2D eigenvalue weighted by Gasteiger charge is -2.22. The van der Waals surface area contributed by atoms with Crippen molar-refractivity contribution in [2.45, 2.75) is 38.5 Å². The van der Waals surface area contributed by atoms with Crippen molar-refractivity contribution in [1.29, 1.82) is 0 Å². The van der Waals surface area contributed by atoms with Crippen molar-refractivity contribution < 1.29 is 34.2 Å². The fourth-order valence-electron chi connectivity index (χ4n) is 4.04. The van der Waals surface area contributed by atoms with Gasteiger partial charge in [-0.2, -0.15) is 0 Å². The molecular formula is C28H33N7O7S. The molecule has 1 atom stereocenters. The number of anilines is 2.